The maximum absolute atomic E-state index is 13.4. The number of fused-ring (bicyclic) bond motifs is 1. The van der Waals surface area contributed by atoms with Crippen molar-refractivity contribution in [2.45, 2.75) is 26.2 Å². The Balaban J connectivity index is 1.66. The molecule has 1 aromatic carbocycles. The van der Waals surface area contributed by atoms with Crippen LogP contribution in [0.15, 0.2) is 61.1 Å². The van der Waals surface area contributed by atoms with Crippen molar-refractivity contribution in [2.75, 3.05) is 5.73 Å². The molecular weight excluding hydrogens is 433 g/mol. The molecule has 0 radical (unpaired) electrons. The first-order valence-corrected chi connectivity index (χ1v) is 9.95. The Morgan fingerprint density at radius 1 is 1.03 bits per heavy atom. The summed E-state index contributed by atoms with van der Waals surface area (Å²) in [5.74, 6) is 0.460. The molecule has 0 unspecified atom stereocenters. The summed E-state index contributed by atoms with van der Waals surface area (Å²) in [4.78, 5) is 31.3. The van der Waals surface area contributed by atoms with Crippen LogP contribution in [-0.4, -0.2) is 30.7 Å². The number of pyridine rings is 2. The third-order valence-electron chi connectivity index (χ3n) is 5.04. The molecule has 3 aromatic heterocycles. The SMILES string of the molecule is Cc1cc2cc(C(=O)N(Cc3ccc(C(F)(F)F)cn3)Cc3ncccn3)ccc2nc1N. The molecule has 1 amide bonds. The lowest BCUT2D eigenvalue weighted by Crippen LogP contribution is -2.31. The molecule has 3 heterocycles. The van der Waals surface area contributed by atoms with Crippen LogP contribution in [0.1, 0.15) is 33.0 Å². The second-order valence-electron chi connectivity index (χ2n) is 7.46. The molecule has 33 heavy (non-hydrogen) atoms. The van der Waals surface area contributed by atoms with Crippen LogP contribution in [0, 0.1) is 6.92 Å². The lowest BCUT2D eigenvalue weighted by Gasteiger charge is -2.22. The number of halogens is 3. The fourth-order valence-corrected chi connectivity index (χ4v) is 3.28. The van der Waals surface area contributed by atoms with Gasteiger partial charge in [-0.1, -0.05) is 0 Å². The van der Waals surface area contributed by atoms with E-state index in [4.69, 9.17) is 5.73 Å². The van der Waals surface area contributed by atoms with E-state index in [2.05, 4.69) is 19.9 Å². The summed E-state index contributed by atoms with van der Waals surface area (Å²) >= 11 is 0. The highest BCUT2D eigenvalue weighted by Gasteiger charge is 2.30. The molecule has 0 aliphatic heterocycles. The highest BCUT2D eigenvalue weighted by atomic mass is 19.4. The zero-order chi connectivity index (χ0) is 23.6. The Kier molecular flexibility index (Phi) is 5.91. The third kappa shape index (κ3) is 5.05. The average molecular weight is 452 g/mol. The number of carbonyl (C=O) groups is 1. The minimum Gasteiger partial charge on any atom is -0.383 e. The van der Waals surface area contributed by atoms with E-state index in [9.17, 15) is 18.0 Å². The summed E-state index contributed by atoms with van der Waals surface area (Å²) in [5.41, 5.74) is 7.14. The number of anilines is 1. The van der Waals surface area contributed by atoms with Crippen LogP contribution in [0.25, 0.3) is 10.9 Å². The van der Waals surface area contributed by atoms with Crippen molar-refractivity contribution in [2.24, 2.45) is 0 Å². The molecule has 0 saturated carbocycles. The Bertz CT molecular complexity index is 1290. The van der Waals surface area contributed by atoms with Crippen LogP contribution >= 0.6 is 0 Å². The van der Waals surface area contributed by atoms with Gasteiger partial charge in [-0.05, 0) is 55.0 Å². The van der Waals surface area contributed by atoms with Crippen LogP contribution in [0.5, 0.6) is 0 Å². The first-order chi connectivity index (χ1) is 15.7. The van der Waals surface area contributed by atoms with Crippen LogP contribution in [0.4, 0.5) is 19.0 Å². The number of hydrogen-bond acceptors (Lipinski definition) is 6. The van der Waals surface area contributed by atoms with Gasteiger partial charge >= 0.3 is 6.18 Å². The summed E-state index contributed by atoms with van der Waals surface area (Å²) in [6.07, 6.45) is -0.627. The molecule has 4 aromatic rings. The minimum absolute atomic E-state index is 0.0216. The van der Waals surface area contributed by atoms with Crippen molar-refractivity contribution in [1.82, 2.24) is 24.8 Å². The number of benzene rings is 1. The molecule has 10 heteroatoms. The number of nitrogen functional groups attached to an aromatic ring is 1. The van der Waals surface area contributed by atoms with Gasteiger partial charge in [0.2, 0.25) is 0 Å². The van der Waals surface area contributed by atoms with Crippen molar-refractivity contribution < 1.29 is 18.0 Å². The topological polar surface area (TPSA) is 97.9 Å². The average Bonchev–Trinajstić information content (AvgIpc) is 2.79. The van der Waals surface area contributed by atoms with Crippen LogP contribution in [0.2, 0.25) is 0 Å². The number of amides is 1. The molecule has 0 atom stereocenters. The largest absolute Gasteiger partial charge is 0.417 e. The second-order valence-corrected chi connectivity index (χ2v) is 7.46. The molecule has 0 bridgehead atoms. The maximum atomic E-state index is 13.4. The Hall–Kier alpha value is -4.08. The van der Waals surface area contributed by atoms with Crippen molar-refractivity contribution >= 4 is 22.6 Å². The second kappa shape index (κ2) is 8.81. The highest BCUT2D eigenvalue weighted by Crippen LogP contribution is 2.28. The molecular formula is C23H19F3N6O. The molecule has 4 rings (SSSR count). The van der Waals surface area contributed by atoms with Gasteiger partial charge in [0.25, 0.3) is 5.91 Å². The molecule has 0 aliphatic carbocycles. The summed E-state index contributed by atoms with van der Waals surface area (Å²) < 4.78 is 38.6. The number of hydrogen-bond donors (Lipinski definition) is 1. The van der Waals surface area contributed by atoms with E-state index < -0.39 is 11.7 Å². The lowest BCUT2D eigenvalue weighted by molar-refractivity contribution is -0.137. The van der Waals surface area contributed by atoms with E-state index in [1.807, 2.05) is 13.0 Å². The molecule has 0 saturated heterocycles. The number of carbonyl (C=O) groups excluding carboxylic acids is 1. The van der Waals surface area contributed by atoms with Crippen molar-refractivity contribution in [1.29, 1.82) is 0 Å². The smallest absolute Gasteiger partial charge is 0.383 e. The molecule has 0 fully saturated rings. The molecule has 7 nitrogen and oxygen atoms in total. The van der Waals surface area contributed by atoms with E-state index in [0.717, 1.165) is 23.2 Å². The van der Waals surface area contributed by atoms with Gasteiger partial charge in [0.15, 0.2) is 0 Å². The van der Waals surface area contributed by atoms with Crippen molar-refractivity contribution in [3.8, 4) is 0 Å². The van der Waals surface area contributed by atoms with Gasteiger partial charge in [0, 0.05) is 29.5 Å². The first-order valence-electron chi connectivity index (χ1n) is 9.95. The van der Waals surface area contributed by atoms with Gasteiger partial charge in [0.05, 0.1) is 29.9 Å². The fourth-order valence-electron chi connectivity index (χ4n) is 3.28. The van der Waals surface area contributed by atoms with Gasteiger partial charge < -0.3 is 10.6 Å². The quantitative estimate of drug-likeness (QED) is 0.488. The van der Waals surface area contributed by atoms with Gasteiger partial charge in [-0.25, -0.2) is 15.0 Å². The fraction of sp³-hybridized carbons (Fsp3) is 0.174. The number of aryl methyl sites for hydroxylation is 1. The minimum atomic E-state index is -4.49. The van der Waals surface area contributed by atoms with Crippen LogP contribution < -0.4 is 5.73 Å². The van der Waals surface area contributed by atoms with E-state index >= 15 is 0 Å². The van der Waals surface area contributed by atoms with Crippen molar-refractivity contribution in [3.63, 3.8) is 0 Å². The molecule has 2 N–H and O–H groups in total. The Morgan fingerprint density at radius 2 is 1.79 bits per heavy atom. The third-order valence-corrected chi connectivity index (χ3v) is 5.04. The van der Waals surface area contributed by atoms with E-state index in [-0.39, 0.29) is 19.0 Å². The molecule has 0 spiro atoms. The van der Waals surface area contributed by atoms with Crippen LogP contribution in [0.3, 0.4) is 0 Å². The number of aromatic nitrogens is 4. The van der Waals surface area contributed by atoms with Gasteiger partial charge in [-0.15, -0.1) is 0 Å². The summed E-state index contributed by atoms with van der Waals surface area (Å²) in [7, 11) is 0. The molecule has 0 aliphatic rings. The number of nitrogens with two attached hydrogens (primary N) is 1. The normalized spacial score (nSPS) is 11.5. The van der Waals surface area contributed by atoms with E-state index in [1.165, 1.54) is 11.0 Å². The number of nitrogens with zero attached hydrogens (tertiary/aromatic N) is 5. The van der Waals surface area contributed by atoms with Gasteiger partial charge in [-0.3, -0.25) is 9.78 Å². The standard InChI is InChI=1S/C23H19F3N6O/c1-14-9-16-10-15(3-6-19(16)31-21(14)27)22(33)32(13-20-28-7-2-8-29-20)12-18-5-4-17(11-30-18)23(24,25)26/h2-11H,12-13H2,1H3,(H2,27,31). The van der Waals surface area contributed by atoms with E-state index in [1.54, 1.807) is 36.7 Å². The zero-order valence-corrected chi connectivity index (χ0v) is 17.5. The monoisotopic (exact) mass is 452 g/mol. The summed E-state index contributed by atoms with van der Waals surface area (Å²) in [5, 5.41) is 0.746. The molecule has 168 valence electrons. The van der Waals surface area contributed by atoms with E-state index in [0.29, 0.717) is 28.4 Å². The van der Waals surface area contributed by atoms with Crippen LogP contribution in [-0.2, 0) is 19.3 Å². The Labute approximate surface area is 187 Å². The lowest BCUT2D eigenvalue weighted by atomic mass is 10.1. The summed E-state index contributed by atoms with van der Waals surface area (Å²) in [6.45, 7) is 1.86. The maximum Gasteiger partial charge on any atom is 0.417 e. The van der Waals surface area contributed by atoms with Gasteiger partial charge in [-0.2, -0.15) is 13.2 Å². The highest BCUT2D eigenvalue weighted by molar-refractivity contribution is 5.98. The number of alkyl halides is 3. The number of rotatable bonds is 5. The summed E-state index contributed by atoms with van der Waals surface area (Å²) in [6, 6.07) is 10.7. The van der Waals surface area contributed by atoms with Gasteiger partial charge in [0.1, 0.15) is 11.6 Å². The predicted molar refractivity (Wildman–Crippen MR) is 116 cm³/mol. The predicted octanol–water partition coefficient (Wildman–Crippen LogP) is 4.17. The first kappa shape index (κ1) is 22.1. The Morgan fingerprint density at radius 3 is 2.45 bits per heavy atom. The zero-order valence-electron chi connectivity index (χ0n) is 17.5. The van der Waals surface area contributed by atoms with Crippen molar-refractivity contribution in [3.05, 3.63) is 89.3 Å².